The van der Waals surface area contributed by atoms with Crippen LogP contribution >= 0.6 is 11.3 Å². The summed E-state index contributed by atoms with van der Waals surface area (Å²) in [5, 5.41) is 3.12. The Morgan fingerprint density at radius 1 is 1.33 bits per heavy atom. The molecule has 2 N–H and O–H groups in total. The predicted molar refractivity (Wildman–Crippen MR) is 88.7 cm³/mol. The Balaban J connectivity index is 2.26. The molecule has 0 aliphatic rings. The molecule has 5 heteroatoms. The molecule has 0 aliphatic heterocycles. The van der Waals surface area contributed by atoms with E-state index in [2.05, 4.69) is 36.4 Å². The maximum Gasteiger partial charge on any atom is 0.118 e. The van der Waals surface area contributed by atoms with Crippen LogP contribution < -0.4 is 5.73 Å². The molecule has 1 aromatic carbocycles. The quantitative estimate of drug-likeness (QED) is 0.745. The first-order valence-corrected chi connectivity index (χ1v) is 8.09. The Hall–Kier alpha value is -1.88. The van der Waals surface area contributed by atoms with Crippen molar-refractivity contribution < 1.29 is 0 Å². The summed E-state index contributed by atoms with van der Waals surface area (Å²) in [6, 6.07) is 5.95. The van der Waals surface area contributed by atoms with Crippen LogP contribution in [0.5, 0.6) is 0 Å². The Bertz CT molecular complexity index is 756. The summed E-state index contributed by atoms with van der Waals surface area (Å²) in [6.07, 6.45) is 3.87. The average molecular weight is 300 g/mol. The van der Waals surface area contributed by atoms with Crippen LogP contribution in [0.2, 0.25) is 0 Å². The molecule has 2 heterocycles. The summed E-state index contributed by atoms with van der Waals surface area (Å²) < 4.78 is 2.31. The van der Waals surface area contributed by atoms with Crippen LogP contribution in [0, 0.1) is 0 Å². The molecule has 0 saturated carbocycles. The van der Waals surface area contributed by atoms with Gasteiger partial charge in [0.25, 0.3) is 0 Å². The summed E-state index contributed by atoms with van der Waals surface area (Å²) in [5.74, 6) is 1.10. The third-order valence-corrected chi connectivity index (χ3v) is 4.82. The number of hydrogen-bond donors (Lipinski definition) is 1. The van der Waals surface area contributed by atoms with E-state index in [0.717, 1.165) is 40.4 Å². The van der Waals surface area contributed by atoms with Crippen LogP contribution in [0.25, 0.3) is 11.0 Å². The number of imidazole rings is 1. The number of aromatic nitrogens is 3. The van der Waals surface area contributed by atoms with E-state index in [4.69, 9.17) is 10.7 Å². The first kappa shape index (κ1) is 14.1. The molecule has 4 nitrogen and oxygen atoms in total. The van der Waals surface area contributed by atoms with Gasteiger partial charge < -0.3 is 10.3 Å². The van der Waals surface area contributed by atoms with Crippen LogP contribution in [0.15, 0.2) is 29.8 Å². The van der Waals surface area contributed by atoms with Gasteiger partial charge in [-0.15, -0.1) is 11.3 Å². The normalized spacial score (nSPS) is 12.1. The van der Waals surface area contributed by atoms with Crippen molar-refractivity contribution >= 4 is 28.1 Å². The Morgan fingerprint density at radius 3 is 2.81 bits per heavy atom. The molecular formula is C16H20N4S. The number of nitrogens with zero attached hydrogens (tertiary/aromatic N) is 3. The fraction of sp³-hybridized carbons (Fsp3) is 0.375. The highest BCUT2D eigenvalue weighted by atomic mass is 32.1. The lowest BCUT2D eigenvalue weighted by molar-refractivity contribution is 0.428. The van der Waals surface area contributed by atoms with Crippen LogP contribution in [0.4, 0.5) is 5.69 Å². The second-order valence-electron chi connectivity index (χ2n) is 5.76. The van der Waals surface area contributed by atoms with E-state index in [1.165, 1.54) is 0 Å². The van der Waals surface area contributed by atoms with Crippen molar-refractivity contribution in [3.05, 3.63) is 40.6 Å². The van der Waals surface area contributed by atoms with E-state index in [9.17, 15) is 0 Å². The van der Waals surface area contributed by atoms with Crippen molar-refractivity contribution in [2.75, 3.05) is 5.73 Å². The van der Waals surface area contributed by atoms with Gasteiger partial charge in [-0.05, 0) is 38.5 Å². The molecular weight excluding hydrogens is 280 g/mol. The molecule has 0 saturated heterocycles. The first-order chi connectivity index (χ1) is 10.0. The highest BCUT2D eigenvalue weighted by Gasteiger charge is 2.30. The molecule has 110 valence electrons. The average Bonchev–Trinajstić information content (AvgIpc) is 3.05. The Morgan fingerprint density at radius 2 is 2.14 bits per heavy atom. The van der Waals surface area contributed by atoms with Gasteiger partial charge in [0.1, 0.15) is 10.8 Å². The molecule has 0 unspecified atom stereocenters. The topological polar surface area (TPSA) is 56.7 Å². The van der Waals surface area contributed by atoms with Crippen LogP contribution in [0.3, 0.4) is 0 Å². The summed E-state index contributed by atoms with van der Waals surface area (Å²) in [6.45, 7) is 6.57. The minimum Gasteiger partial charge on any atom is -0.399 e. The molecule has 0 spiro atoms. The van der Waals surface area contributed by atoms with Gasteiger partial charge in [0.05, 0.1) is 16.6 Å². The van der Waals surface area contributed by atoms with Gasteiger partial charge >= 0.3 is 0 Å². The van der Waals surface area contributed by atoms with Crippen molar-refractivity contribution in [1.82, 2.24) is 14.5 Å². The van der Waals surface area contributed by atoms with Crippen molar-refractivity contribution in [2.24, 2.45) is 0 Å². The largest absolute Gasteiger partial charge is 0.399 e. The Kier molecular flexibility index (Phi) is 3.45. The number of fused-ring (bicyclic) bond motifs is 1. The minimum atomic E-state index is -0.219. The van der Waals surface area contributed by atoms with E-state index in [1.807, 2.05) is 23.7 Å². The zero-order valence-electron chi connectivity index (χ0n) is 12.6. The lowest BCUT2D eigenvalue weighted by Crippen LogP contribution is -2.29. The van der Waals surface area contributed by atoms with Gasteiger partial charge in [0.15, 0.2) is 0 Å². The smallest absolute Gasteiger partial charge is 0.118 e. The highest BCUT2D eigenvalue weighted by Crippen LogP contribution is 2.33. The lowest BCUT2D eigenvalue weighted by atomic mass is 10.1. The molecule has 0 amide bonds. The van der Waals surface area contributed by atoms with Crippen LogP contribution in [0.1, 0.15) is 38.0 Å². The second kappa shape index (κ2) is 5.15. The molecule has 2 aromatic heterocycles. The van der Waals surface area contributed by atoms with Gasteiger partial charge in [-0.25, -0.2) is 9.97 Å². The molecule has 21 heavy (non-hydrogen) atoms. The van der Waals surface area contributed by atoms with E-state index < -0.39 is 0 Å². The Labute approximate surface area is 128 Å². The minimum absolute atomic E-state index is 0.219. The van der Waals surface area contributed by atoms with Gasteiger partial charge in [0.2, 0.25) is 0 Å². The SMILES string of the molecule is CCCc1nc2cc(N)ccc2n1C(C)(C)c1nccs1. The van der Waals surface area contributed by atoms with Gasteiger partial charge in [-0.1, -0.05) is 6.92 Å². The number of aryl methyl sites for hydroxylation is 1. The van der Waals surface area contributed by atoms with E-state index >= 15 is 0 Å². The standard InChI is InChI=1S/C16H20N4S/c1-4-5-14-19-12-10-11(17)6-7-13(12)20(14)16(2,3)15-18-8-9-21-15/h6-10H,4-5,17H2,1-3H3. The molecule has 0 bridgehead atoms. The van der Waals surface area contributed by atoms with Crippen LogP contribution in [-0.4, -0.2) is 14.5 Å². The van der Waals surface area contributed by atoms with Crippen molar-refractivity contribution in [2.45, 2.75) is 39.2 Å². The van der Waals surface area contributed by atoms with Gasteiger partial charge in [-0.2, -0.15) is 0 Å². The molecule has 3 rings (SSSR count). The molecule has 0 fully saturated rings. The number of thiazole rings is 1. The number of hydrogen-bond acceptors (Lipinski definition) is 4. The fourth-order valence-corrected chi connectivity index (χ4v) is 3.54. The number of nitrogens with two attached hydrogens (primary N) is 1. The second-order valence-corrected chi connectivity index (χ2v) is 6.65. The van der Waals surface area contributed by atoms with Crippen LogP contribution in [-0.2, 0) is 12.0 Å². The number of anilines is 1. The third kappa shape index (κ3) is 2.31. The van der Waals surface area contributed by atoms with E-state index in [-0.39, 0.29) is 5.54 Å². The zero-order valence-corrected chi connectivity index (χ0v) is 13.4. The van der Waals surface area contributed by atoms with E-state index in [0.29, 0.717) is 0 Å². The number of benzene rings is 1. The van der Waals surface area contributed by atoms with Gasteiger partial charge in [-0.3, -0.25) is 0 Å². The fourth-order valence-electron chi connectivity index (χ4n) is 2.78. The maximum atomic E-state index is 5.90. The summed E-state index contributed by atoms with van der Waals surface area (Å²) >= 11 is 1.68. The first-order valence-electron chi connectivity index (χ1n) is 7.21. The van der Waals surface area contributed by atoms with Gasteiger partial charge in [0, 0.05) is 23.7 Å². The molecule has 0 radical (unpaired) electrons. The number of rotatable bonds is 4. The lowest BCUT2D eigenvalue weighted by Gasteiger charge is -2.27. The van der Waals surface area contributed by atoms with Crippen molar-refractivity contribution in [3.8, 4) is 0 Å². The highest BCUT2D eigenvalue weighted by molar-refractivity contribution is 7.09. The molecule has 0 atom stereocenters. The molecule has 0 aliphatic carbocycles. The van der Waals surface area contributed by atoms with Crippen molar-refractivity contribution in [3.63, 3.8) is 0 Å². The number of nitrogen functional groups attached to an aromatic ring is 1. The monoisotopic (exact) mass is 300 g/mol. The summed E-state index contributed by atoms with van der Waals surface area (Å²) in [4.78, 5) is 9.31. The maximum absolute atomic E-state index is 5.90. The zero-order chi connectivity index (χ0) is 15.0. The van der Waals surface area contributed by atoms with E-state index in [1.54, 1.807) is 11.3 Å². The summed E-state index contributed by atoms with van der Waals surface area (Å²) in [5.41, 5.74) is 8.51. The summed E-state index contributed by atoms with van der Waals surface area (Å²) in [7, 11) is 0. The predicted octanol–water partition coefficient (Wildman–Crippen LogP) is 3.81. The molecule has 3 aromatic rings. The van der Waals surface area contributed by atoms with Crippen molar-refractivity contribution in [1.29, 1.82) is 0 Å². The third-order valence-electron chi connectivity index (χ3n) is 3.74.